The second-order valence-corrected chi connectivity index (χ2v) is 7.50. The number of pyridine rings is 1. The summed E-state index contributed by atoms with van der Waals surface area (Å²) in [6.07, 6.45) is 1.12. The summed E-state index contributed by atoms with van der Waals surface area (Å²) in [7, 11) is 0. The van der Waals surface area contributed by atoms with Crippen molar-refractivity contribution in [1.29, 1.82) is 5.26 Å². The van der Waals surface area contributed by atoms with Crippen molar-refractivity contribution in [3.05, 3.63) is 52.3 Å². The summed E-state index contributed by atoms with van der Waals surface area (Å²) < 4.78 is 0. The molecule has 0 fully saturated rings. The molecule has 0 amide bonds. The standard InChI is InChI=1S/C21H24N2O2/c1-6-16-19(20(24)25)18(14-9-7-13(2)8-10-14)15(12-22)17(23-16)11-21(3,4)5/h7-10H,6,11H2,1-5H3,(H,24,25). The van der Waals surface area contributed by atoms with E-state index >= 15 is 0 Å². The van der Waals surface area contributed by atoms with Crippen LogP contribution in [0.5, 0.6) is 0 Å². The fourth-order valence-electron chi connectivity index (χ4n) is 2.93. The van der Waals surface area contributed by atoms with Crippen LogP contribution in [0.25, 0.3) is 11.1 Å². The van der Waals surface area contributed by atoms with Gasteiger partial charge in [-0.05, 0) is 30.7 Å². The lowest BCUT2D eigenvalue weighted by Gasteiger charge is -2.21. The summed E-state index contributed by atoms with van der Waals surface area (Å²) >= 11 is 0. The Balaban J connectivity index is 2.89. The molecule has 1 aromatic carbocycles. The number of nitrogens with zero attached hydrogens (tertiary/aromatic N) is 2. The van der Waals surface area contributed by atoms with Gasteiger partial charge in [0.05, 0.1) is 22.5 Å². The van der Waals surface area contributed by atoms with Crippen molar-refractivity contribution in [3.63, 3.8) is 0 Å². The van der Waals surface area contributed by atoms with E-state index in [0.717, 1.165) is 11.1 Å². The van der Waals surface area contributed by atoms with Gasteiger partial charge < -0.3 is 5.11 Å². The summed E-state index contributed by atoms with van der Waals surface area (Å²) in [5, 5.41) is 19.6. The number of benzene rings is 1. The Kier molecular flexibility index (Phi) is 5.27. The average Bonchev–Trinajstić information content (AvgIpc) is 2.52. The fraction of sp³-hybridized carbons (Fsp3) is 0.381. The maximum absolute atomic E-state index is 12.0. The summed E-state index contributed by atoms with van der Waals surface area (Å²) in [6.45, 7) is 10.1. The molecule has 0 spiro atoms. The van der Waals surface area contributed by atoms with Crippen LogP contribution in [0.15, 0.2) is 24.3 Å². The number of nitriles is 1. The molecule has 0 aliphatic heterocycles. The molecular weight excluding hydrogens is 312 g/mol. The third kappa shape index (κ3) is 4.06. The molecule has 25 heavy (non-hydrogen) atoms. The van der Waals surface area contributed by atoms with Crippen LogP contribution in [-0.2, 0) is 12.8 Å². The maximum Gasteiger partial charge on any atom is 0.338 e. The van der Waals surface area contributed by atoms with Gasteiger partial charge in [0.2, 0.25) is 0 Å². The van der Waals surface area contributed by atoms with Gasteiger partial charge in [-0.2, -0.15) is 5.26 Å². The number of carbonyl (C=O) groups is 1. The molecule has 0 radical (unpaired) electrons. The highest BCUT2D eigenvalue weighted by atomic mass is 16.4. The molecule has 0 aliphatic carbocycles. The lowest BCUT2D eigenvalue weighted by molar-refractivity contribution is 0.0696. The van der Waals surface area contributed by atoms with Crippen LogP contribution in [0, 0.1) is 23.7 Å². The van der Waals surface area contributed by atoms with Gasteiger partial charge >= 0.3 is 5.97 Å². The van der Waals surface area contributed by atoms with E-state index in [-0.39, 0.29) is 11.0 Å². The van der Waals surface area contributed by atoms with Gasteiger partial charge in [0, 0.05) is 5.56 Å². The van der Waals surface area contributed by atoms with E-state index in [1.807, 2.05) is 38.1 Å². The summed E-state index contributed by atoms with van der Waals surface area (Å²) in [4.78, 5) is 16.5. The topological polar surface area (TPSA) is 74.0 Å². The molecule has 0 atom stereocenters. The minimum absolute atomic E-state index is 0.0566. The Morgan fingerprint density at radius 3 is 2.24 bits per heavy atom. The maximum atomic E-state index is 12.0. The number of aromatic carboxylic acids is 1. The third-order valence-electron chi connectivity index (χ3n) is 4.05. The van der Waals surface area contributed by atoms with Crippen molar-refractivity contribution in [2.24, 2.45) is 5.41 Å². The first-order valence-electron chi connectivity index (χ1n) is 8.44. The highest BCUT2D eigenvalue weighted by molar-refractivity contribution is 5.99. The monoisotopic (exact) mass is 336 g/mol. The van der Waals surface area contributed by atoms with Gasteiger partial charge in [0.1, 0.15) is 6.07 Å². The first kappa shape index (κ1) is 18.7. The zero-order chi connectivity index (χ0) is 18.8. The molecule has 1 N–H and O–H groups in total. The number of hydrogen-bond acceptors (Lipinski definition) is 3. The molecule has 0 bridgehead atoms. The predicted molar refractivity (Wildman–Crippen MR) is 98.6 cm³/mol. The van der Waals surface area contributed by atoms with Gasteiger partial charge in [-0.25, -0.2) is 4.79 Å². The van der Waals surface area contributed by atoms with Crippen LogP contribution < -0.4 is 0 Å². The number of carboxylic acid groups (broad SMARTS) is 1. The van der Waals surface area contributed by atoms with E-state index in [2.05, 4.69) is 31.8 Å². The Labute approximate surface area is 149 Å². The van der Waals surface area contributed by atoms with E-state index in [4.69, 9.17) is 0 Å². The molecule has 130 valence electrons. The lowest BCUT2D eigenvalue weighted by Crippen LogP contribution is -2.17. The number of carboxylic acids is 1. The van der Waals surface area contributed by atoms with E-state index in [9.17, 15) is 15.2 Å². The van der Waals surface area contributed by atoms with Crippen LogP contribution in [0.4, 0.5) is 0 Å². The zero-order valence-electron chi connectivity index (χ0n) is 15.5. The molecule has 2 rings (SSSR count). The van der Waals surface area contributed by atoms with Crippen molar-refractivity contribution in [2.45, 2.75) is 47.5 Å². The van der Waals surface area contributed by atoms with Gasteiger partial charge in [-0.3, -0.25) is 4.98 Å². The van der Waals surface area contributed by atoms with Crippen molar-refractivity contribution in [3.8, 4) is 17.2 Å². The Morgan fingerprint density at radius 1 is 1.20 bits per heavy atom. The third-order valence-corrected chi connectivity index (χ3v) is 4.05. The molecule has 0 unspecified atom stereocenters. The van der Waals surface area contributed by atoms with E-state index in [0.29, 0.717) is 35.4 Å². The van der Waals surface area contributed by atoms with Crippen LogP contribution in [0.2, 0.25) is 0 Å². The Morgan fingerprint density at radius 2 is 1.80 bits per heavy atom. The smallest absolute Gasteiger partial charge is 0.338 e. The Bertz CT molecular complexity index is 838. The highest BCUT2D eigenvalue weighted by Gasteiger charge is 2.26. The summed E-state index contributed by atoms with van der Waals surface area (Å²) in [5.74, 6) is -1.04. The number of hydrogen-bond donors (Lipinski definition) is 1. The average molecular weight is 336 g/mol. The van der Waals surface area contributed by atoms with Crippen LogP contribution in [0.1, 0.15) is 60.6 Å². The Hall–Kier alpha value is -2.67. The first-order chi connectivity index (χ1) is 11.7. The van der Waals surface area contributed by atoms with Crippen molar-refractivity contribution in [2.75, 3.05) is 0 Å². The van der Waals surface area contributed by atoms with Crippen molar-refractivity contribution < 1.29 is 9.90 Å². The molecule has 0 saturated carbocycles. The molecule has 1 aromatic heterocycles. The zero-order valence-corrected chi connectivity index (χ0v) is 15.5. The lowest BCUT2D eigenvalue weighted by atomic mass is 9.85. The molecule has 0 saturated heterocycles. The molecule has 4 nitrogen and oxygen atoms in total. The minimum Gasteiger partial charge on any atom is -0.478 e. The van der Waals surface area contributed by atoms with E-state index in [1.54, 1.807) is 0 Å². The summed E-state index contributed by atoms with van der Waals surface area (Å²) in [6, 6.07) is 9.82. The minimum atomic E-state index is -1.04. The highest BCUT2D eigenvalue weighted by Crippen LogP contribution is 2.34. The normalized spacial score (nSPS) is 11.2. The van der Waals surface area contributed by atoms with Crippen LogP contribution in [0.3, 0.4) is 0 Å². The van der Waals surface area contributed by atoms with E-state index in [1.165, 1.54) is 0 Å². The predicted octanol–water partition coefficient (Wildman–Crippen LogP) is 4.78. The molecule has 2 aromatic rings. The number of rotatable bonds is 4. The molecule has 1 heterocycles. The van der Waals surface area contributed by atoms with Gasteiger partial charge in [0.15, 0.2) is 0 Å². The first-order valence-corrected chi connectivity index (χ1v) is 8.44. The second kappa shape index (κ2) is 7.06. The largest absolute Gasteiger partial charge is 0.478 e. The van der Waals surface area contributed by atoms with Crippen molar-refractivity contribution >= 4 is 5.97 Å². The molecule has 4 heteroatoms. The van der Waals surface area contributed by atoms with E-state index < -0.39 is 5.97 Å². The molecule has 0 aliphatic rings. The number of aromatic nitrogens is 1. The van der Waals surface area contributed by atoms with Crippen molar-refractivity contribution in [1.82, 2.24) is 4.98 Å². The van der Waals surface area contributed by atoms with Crippen LogP contribution in [-0.4, -0.2) is 16.1 Å². The summed E-state index contributed by atoms with van der Waals surface area (Å²) in [5.41, 5.74) is 3.97. The fourth-order valence-corrected chi connectivity index (χ4v) is 2.93. The quantitative estimate of drug-likeness (QED) is 0.872. The SMILES string of the molecule is CCc1nc(CC(C)(C)C)c(C#N)c(-c2ccc(C)cc2)c1C(=O)O. The number of aryl methyl sites for hydroxylation is 2. The van der Waals surface area contributed by atoms with Gasteiger partial charge in [-0.15, -0.1) is 0 Å². The van der Waals surface area contributed by atoms with Gasteiger partial charge in [-0.1, -0.05) is 57.5 Å². The molecular formula is C21H24N2O2. The van der Waals surface area contributed by atoms with Gasteiger partial charge in [0.25, 0.3) is 0 Å². The van der Waals surface area contributed by atoms with Crippen LogP contribution >= 0.6 is 0 Å². The second-order valence-electron chi connectivity index (χ2n) is 7.50.